The number of hydrogen-bond acceptors (Lipinski definition) is 1. The molecule has 0 bridgehead atoms. The molecule has 1 aromatic rings. The molecule has 0 unspecified atom stereocenters. The lowest BCUT2D eigenvalue weighted by atomic mass is 9.56. The van der Waals surface area contributed by atoms with Crippen molar-refractivity contribution in [2.24, 2.45) is 0 Å². The number of nitriles is 1. The third kappa shape index (κ3) is 0.808. The van der Waals surface area contributed by atoms with Crippen molar-refractivity contribution in [2.75, 3.05) is 0 Å². The molecule has 2 rings (SSSR count). The van der Waals surface area contributed by atoms with E-state index in [4.69, 9.17) is 0 Å². The molecule has 0 heterocycles. The number of rotatable bonds is 1. The van der Waals surface area contributed by atoms with Crippen LogP contribution in [-0.2, 0) is 5.41 Å². The van der Waals surface area contributed by atoms with E-state index in [0.717, 1.165) is 6.42 Å². The topological polar surface area (TPSA) is 23.8 Å². The largest absolute Gasteiger partial charge is 0.197 e. The lowest BCUT2D eigenvalue weighted by Crippen LogP contribution is -2.40. The molecule has 1 aliphatic rings. The first kappa shape index (κ1) is 8.31. The molecule has 1 aromatic carbocycles. The Balaban J connectivity index is 2.56. The highest BCUT2D eigenvalue weighted by atomic mass is 14.5. The Labute approximate surface area is 79.0 Å². The molecule has 0 saturated heterocycles. The summed E-state index contributed by atoms with van der Waals surface area (Å²) in [6, 6.07) is 10.8. The molecule has 0 saturated carbocycles. The molecular formula is C12H13N. The zero-order valence-corrected chi connectivity index (χ0v) is 8.04. The Hall–Kier alpha value is -1.29. The highest BCUT2D eigenvalue weighted by Crippen LogP contribution is 2.52. The molecule has 2 atom stereocenters. The summed E-state index contributed by atoms with van der Waals surface area (Å²) in [4.78, 5) is 0. The zero-order chi connectivity index (χ0) is 9.47. The summed E-state index contributed by atoms with van der Waals surface area (Å²) in [7, 11) is 0. The fourth-order valence-electron chi connectivity index (χ4n) is 2.43. The van der Waals surface area contributed by atoms with Crippen LogP contribution in [0.3, 0.4) is 0 Å². The van der Waals surface area contributed by atoms with Crippen molar-refractivity contribution in [3.63, 3.8) is 0 Å². The number of benzene rings is 1. The van der Waals surface area contributed by atoms with Crippen molar-refractivity contribution in [2.45, 2.75) is 31.6 Å². The maximum atomic E-state index is 9.20. The van der Waals surface area contributed by atoms with Crippen LogP contribution in [0.5, 0.6) is 0 Å². The molecule has 0 spiro atoms. The van der Waals surface area contributed by atoms with E-state index in [0.29, 0.717) is 5.92 Å². The van der Waals surface area contributed by atoms with E-state index < -0.39 is 0 Å². The van der Waals surface area contributed by atoms with Crippen LogP contribution < -0.4 is 0 Å². The molecule has 1 aliphatic carbocycles. The summed E-state index contributed by atoms with van der Waals surface area (Å²) in [5, 5.41) is 9.20. The van der Waals surface area contributed by atoms with Crippen molar-refractivity contribution < 1.29 is 0 Å². The van der Waals surface area contributed by atoms with Crippen LogP contribution in [0.2, 0.25) is 0 Å². The van der Waals surface area contributed by atoms with Crippen molar-refractivity contribution in [1.82, 2.24) is 0 Å². The number of hydrogen-bond donors (Lipinski definition) is 0. The Kier molecular flexibility index (Phi) is 1.66. The van der Waals surface area contributed by atoms with Crippen LogP contribution in [0.25, 0.3) is 0 Å². The van der Waals surface area contributed by atoms with Gasteiger partial charge in [0, 0.05) is 5.92 Å². The minimum atomic E-state index is -0.198. The van der Waals surface area contributed by atoms with Gasteiger partial charge in [0.1, 0.15) is 0 Å². The van der Waals surface area contributed by atoms with E-state index in [1.165, 1.54) is 11.1 Å². The lowest BCUT2D eigenvalue weighted by molar-refractivity contribution is 0.381. The van der Waals surface area contributed by atoms with Crippen LogP contribution in [0, 0.1) is 11.3 Å². The second kappa shape index (κ2) is 2.60. The molecule has 0 amide bonds. The molecule has 0 radical (unpaired) electrons. The van der Waals surface area contributed by atoms with Crippen molar-refractivity contribution in [3.05, 3.63) is 35.4 Å². The van der Waals surface area contributed by atoms with E-state index in [1.807, 2.05) is 12.1 Å². The minimum absolute atomic E-state index is 0.198. The van der Waals surface area contributed by atoms with Crippen LogP contribution >= 0.6 is 0 Å². The zero-order valence-electron chi connectivity index (χ0n) is 8.04. The molecule has 1 nitrogen and oxygen atoms in total. The van der Waals surface area contributed by atoms with Gasteiger partial charge < -0.3 is 0 Å². The minimum Gasteiger partial charge on any atom is -0.197 e. The average Bonchev–Trinajstić information content (AvgIpc) is 2.20. The van der Waals surface area contributed by atoms with Crippen LogP contribution in [0.4, 0.5) is 0 Å². The molecule has 0 aliphatic heterocycles. The molecule has 1 heteroatoms. The van der Waals surface area contributed by atoms with Gasteiger partial charge in [0.05, 0.1) is 11.5 Å². The molecule has 13 heavy (non-hydrogen) atoms. The van der Waals surface area contributed by atoms with Crippen molar-refractivity contribution in [1.29, 1.82) is 5.26 Å². The van der Waals surface area contributed by atoms with E-state index in [-0.39, 0.29) is 5.41 Å². The number of fused-ring (bicyclic) bond motifs is 1. The van der Waals surface area contributed by atoms with Gasteiger partial charge in [0.25, 0.3) is 0 Å². The van der Waals surface area contributed by atoms with Gasteiger partial charge in [-0.2, -0.15) is 5.26 Å². The van der Waals surface area contributed by atoms with Gasteiger partial charge in [0.15, 0.2) is 0 Å². The van der Waals surface area contributed by atoms with E-state index in [2.05, 4.69) is 32.0 Å². The van der Waals surface area contributed by atoms with Gasteiger partial charge >= 0.3 is 0 Å². The molecule has 66 valence electrons. The van der Waals surface area contributed by atoms with Crippen LogP contribution in [0.1, 0.15) is 37.3 Å². The molecule has 0 fully saturated rings. The Morgan fingerprint density at radius 3 is 2.77 bits per heavy atom. The van der Waals surface area contributed by atoms with Gasteiger partial charge in [0.2, 0.25) is 0 Å². The first-order valence-corrected chi connectivity index (χ1v) is 4.77. The highest BCUT2D eigenvalue weighted by molar-refractivity contribution is 5.53. The predicted octanol–water partition coefficient (Wildman–Crippen LogP) is 2.98. The quantitative estimate of drug-likeness (QED) is 0.637. The van der Waals surface area contributed by atoms with Gasteiger partial charge in [-0.05, 0) is 17.5 Å². The number of nitrogens with zero attached hydrogens (tertiary/aromatic N) is 1. The average molecular weight is 171 g/mol. The van der Waals surface area contributed by atoms with Gasteiger partial charge in [-0.3, -0.25) is 0 Å². The first-order chi connectivity index (χ1) is 6.26. The van der Waals surface area contributed by atoms with E-state index >= 15 is 0 Å². The standard InChI is InChI=1S/C12H13N/c1-3-12(8-13)9(2)10-6-4-5-7-11(10)12/h4-7,9H,3H2,1-2H3/t9-,12-/m1/s1. The smallest absolute Gasteiger partial charge is 0.0888 e. The summed E-state index contributed by atoms with van der Waals surface area (Å²) in [5.41, 5.74) is 2.40. The Bertz CT molecular complexity index is 375. The lowest BCUT2D eigenvalue weighted by Gasteiger charge is -2.44. The van der Waals surface area contributed by atoms with Gasteiger partial charge in [-0.1, -0.05) is 38.1 Å². The molecular weight excluding hydrogens is 158 g/mol. The van der Waals surface area contributed by atoms with E-state index in [1.54, 1.807) is 0 Å². The third-order valence-electron chi connectivity index (χ3n) is 3.40. The second-order valence-corrected chi connectivity index (χ2v) is 3.75. The van der Waals surface area contributed by atoms with Crippen LogP contribution in [0.15, 0.2) is 24.3 Å². The summed E-state index contributed by atoms with van der Waals surface area (Å²) in [5.74, 6) is 0.402. The first-order valence-electron chi connectivity index (χ1n) is 4.77. The van der Waals surface area contributed by atoms with Gasteiger partial charge in [-0.15, -0.1) is 0 Å². The molecule has 0 aromatic heterocycles. The van der Waals surface area contributed by atoms with Crippen molar-refractivity contribution >= 4 is 0 Å². The third-order valence-corrected chi connectivity index (χ3v) is 3.40. The summed E-state index contributed by atoms with van der Waals surface area (Å²) < 4.78 is 0. The fraction of sp³-hybridized carbons (Fsp3) is 0.417. The maximum absolute atomic E-state index is 9.20. The molecule has 0 N–H and O–H groups in total. The second-order valence-electron chi connectivity index (χ2n) is 3.75. The predicted molar refractivity (Wildman–Crippen MR) is 52.4 cm³/mol. The SMILES string of the molecule is CC[C@]1(C#N)c2ccccc2[C@H]1C. The normalized spacial score (nSPS) is 30.1. The van der Waals surface area contributed by atoms with E-state index in [9.17, 15) is 5.26 Å². The fourth-order valence-corrected chi connectivity index (χ4v) is 2.43. The Morgan fingerprint density at radius 1 is 1.46 bits per heavy atom. The maximum Gasteiger partial charge on any atom is 0.0888 e. The monoisotopic (exact) mass is 171 g/mol. The van der Waals surface area contributed by atoms with Crippen LogP contribution in [-0.4, -0.2) is 0 Å². The summed E-state index contributed by atoms with van der Waals surface area (Å²) >= 11 is 0. The summed E-state index contributed by atoms with van der Waals surface area (Å²) in [6.07, 6.45) is 0.918. The highest BCUT2D eigenvalue weighted by Gasteiger charge is 2.47. The van der Waals surface area contributed by atoms with Crippen molar-refractivity contribution in [3.8, 4) is 6.07 Å². The Morgan fingerprint density at radius 2 is 2.15 bits per heavy atom. The van der Waals surface area contributed by atoms with Gasteiger partial charge in [-0.25, -0.2) is 0 Å². The summed E-state index contributed by atoms with van der Waals surface area (Å²) in [6.45, 7) is 4.24.